The van der Waals surface area contributed by atoms with Gasteiger partial charge in [-0.05, 0) is 12.0 Å². The van der Waals surface area contributed by atoms with E-state index in [9.17, 15) is 8.42 Å². The number of benzene rings is 1. The van der Waals surface area contributed by atoms with Crippen molar-refractivity contribution >= 4 is 21.6 Å². The van der Waals surface area contributed by atoms with Gasteiger partial charge in [0.1, 0.15) is 0 Å². The molecule has 0 radical (unpaired) electrons. The van der Waals surface area contributed by atoms with Crippen LogP contribution in [0.25, 0.3) is 0 Å². The Kier molecular flexibility index (Phi) is 4.54. The molecule has 1 atom stereocenters. The number of sulfonamides is 1. The van der Waals surface area contributed by atoms with E-state index in [2.05, 4.69) is 4.72 Å². The lowest BCUT2D eigenvalue weighted by Gasteiger charge is -2.11. The molecule has 1 aliphatic rings. The molecule has 0 aromatic heterocycles. The summed E-state index contributed by atoms with van der Waals surface area (Å²) in [7, 11) is -3.34. The Bertz CT molecular complexity index is 547. The fourth-order valence-electron chi connectivity index (χ4n) is 1.80. The van der Waals surface area contributed by atoms with Crippen LogP contribution in [0.3, 0.4) is 0 Å². The van der Waals surface area contributed by atoms with E-state index in [0.717, 1.165) is 5.56 Å². The topological polar surface area (TPSA) is 64.6 Å². The van der Waals surface area contributed by atoms with Crippen molar-refractivity contribution in [2.45, 2.75) is 13.5 Å². The van der Waals surface area contributed by atoms with Gasteiger partial charge >= 0.3 is 0 Å². The van der Waals surface area contributed by atoms with Gasteiger partial charge in [0.25, 0.3) is 0 Å². The van der Waals surface area contributed by atoms with Gasteiger partial charge in [0.15, 0.2) is 11.5 Å². The molecular formula is C12H16ClNO4S. The molecule has 1 unspecified atom stereocenters. The van der Waals surface area contributed by atoms with Gasteiger partial charge in [0.2, 0.25) is 16.8 Å². The molecule has 1 aromatic carbocycles. The second kappa shape index (κ2) is 5.98. The van der Waals surface area contributed by atoms with E-state index >= 15 is 0 Å². The Labute approximate surface area is 117 Å². The molecular weight excluding hydrogens is 290 g/mol. The summed E-state index contributed by atoms with van der Waals surface area (Å²) in [5.41, 5.74) is 0.761. The van der Waals surface area contributed by atoms with E-state index in [0.29, 0.717) is 17.4 Å². The highest BCUT2D eigenvalue weighted by molar-refractivity contribution is 7.89. The van der Waals surface area contributed by atoms with Crippen LogP contribution in [0.2, 0.25) is 0 Å². The number of rotatable bonds is 6. The van der Waals surface area contributed by atoms with Crippen LogP contribution < -0.4 is 14.2 Å². The molecule has 0 saturated carbocycles. The summed E-state index contributed by atoms with van der Waals surface area (Å²) in [4.78, 5) is 0. The Morgan fingerprint density at radius 1 is 1.42 bits per heavy atom. The monoisotopic (exact) mass is 305 g/mol. The predicted octanol–water partition coefficient (Wildman–Crippen LogP) is 1.71. The van der Waals surface area contributed by atoms with Gasteiger partial charge in [-0.15, -0.1) is 11.6 Å². The van der Waals surface area contributed by atoms with Gasteiger partial charge in [-0.1, -0.05) is 19.1 Å². The van der Waals surface area contributed by atoms with Crippen molar-refractivity contribution in [1.82, 2.24) is 4.72 Å². The third kappa shape index (κ3) is 3.75. The zero-order valence-corrected chi connectivity index (χ0v) is 12.1. The van der Waals surface area contributed by atoms with Gasteiger partial charge in [0, 0.05) is 18.0 Å². The second-order valence-corrected chi connectivity index (χ2v) is 6.67. The van der Waals surface area contributed by atoms with Crippen LogP contribution in [0.1, 0.15) is 12.5 Å². The first kappa shape index (κ1) is 14.4. The van der Waals surface area contributed by atoms with Crippen LogP contribution in [-0.4, -0.2) is 26.8 Å². The van der Waals surface area contributed by atoms with Crippen LogP contribution in [0.5, 0.6) is 11.5 Å². The molecule has 5 nitrogen and oxygen atoms in total. The third-order valence-corrected chi connectivity index (χ3v) is 4.85. The van der Waals surface area contributed by atoms with E-state index in [1.165, 1.54) is 0 Å². The number of halogens is 1. The molecule has 0 amide bonds. The van der Waals surface area contributed by atoms with Gasteiger partial charge in [-0.25, -0.2) is 13.1 Å². The maximum Gasteiger partial charge on any atom is 0.231 e. The van der Waals surface area contributed by atoms with Crippen molar-refractivity contribution in [2.24, 2.45) is 5.92 Å². The number of para-hydroxylation sites is 1. The fourth-order valence-corrected chi connectivity index (χ4v) is 3.39. The number of hydrogen-bond donors (Lipinski definition) is 1. The SMILES string of the molecule is CC(CCl)CS(=O)(=O)NCc1cccc2c1OCO2. The molecule has 1 heterocycles. The highest BCUT2D eigenvalue weighted by Gasteiger charge is 2.19. The molecule has 1 aromatic rings. The first-order valence-electron chi connectivity index (χ1n) is 5.92. The number of hydrogen-bond acceptors (Lipinski definition) is 4. The first-order valence-corrected chi connectivity index (χ1v) is 8.11. The minimum Gasteiger partial charge on any atom is -0.454 e. The molecule has 1 aliphatic heterocycles. The molecule has 19 heavy (non-hydrogen) atoms. The summed E-state index contributed by atoms with van der Waals surface area (Å²) in [5, 5.41) is 0. The highest BCUT2D eigenvalue weighted by atomic mass is 35.5. The maximum atomic E-state index is 11.8. The van der Waals surface area contributed by atoms with Gasteiger partial charge < -0.3 is 9.47 Å². The van der Waals surface area contributed by atoms with Crippen LogP contribution in [-0.2, 0) is 16.6 Å². The van der Waals surface area contributed by atoms with Crippen molar-refractivity contribution < 1.29 is 17.9 Å². The molecule has 0 spiro atoms. The third-order valence-electron chi connectivity index (χ3n) is 2.73. The zero-order chi connectivity index (χ0) is 13.9. The smallest absolute Gasteiger partial charge is 0.231 e. The van der Waals surface area contributed by atoms with Gasteiger partial charge in [0.05, 0.1) is 5.75 Å². The Balaban J connectivity index is 2.01. The summed E-state index contributed by atoms with van der Waals surface area (Å²) >= 11 is 5.62. The number of nitrogens with one attached hydrogen (secondary N) is 1. The average Bonchev–Trinajstić information content (AvgIpc) is 2.84. The lowest BCUT2D eigenvalue weighted by Crippen LogP contribution is -2.29. The van der Waals surface area contributed by atoms with Crippen LogP contribution in [0.4, 0.5) is 0 Å². The highest BCUT2D eigenvalue weighted by Crippen LogP contribution is 2.35. The molecule has 7 heteroatoms. The van der Waals surface area contributed by atoms with Crippen molar-refractivity contribution in [3.63, 3.8) is 0 Å². The number of alkyl halides is 1. The summed E-state index contributed by atoms with van der Waals surface area (Å²) < 4.78 is 36.8. The van der Waals surface area contributed by atoms with Crippen molar-refractivity contribution in [2.75, 3.05) is 18.4 Å². The number of ether oxygens (including phenoxy) is 2. The van der Waals surface area contributed by atoms with E-state index in [4.69, 9.17) is 21.1 Å². The molecule has 1 N–H and O–H groups in total. The van der Waals surface area contributed by atoms with E-state index in [1.54, 1.807) is 25.1 Å². The van der Waals surface area contributed by atoms with Crippen LogP contribution >= 0.6 is 11.6 Å². The van der Waals surface area contributed by atoms with Crippen molar-refractivity contribution in [3.05, 3.63) is 23.8 Å². The molecule has 2 rings (SSSR count). The average molecular weight is 306 g/mol. The summed E-state index contributed by atoms with van der Waals surface area (Å²) in [6, 6.07) is 5.40. The summed E-state index contributed by atoms with van der Waals surface area (Å²) in [5.74, 6) is 1.50. The predicted molar refractivity (Wildman–Crippen MR) is 73.1 cm³/mol. The van der Waals surface area contributed by atoms with Gasteiger partial charge in [-0.2, -0.15) is 0 Å². The van der Waals surface area contributed by atoms with E-state index < -0.39 is 10.0 Å². The van der Waals surface area contributed by atoms with Crippen LogP contribution in [0, 0.1) is 5.92 Å². The lowest BCUT2D eigenvalue weighted by molar-refractivity contribution is 0.173. The summed E-state index contributed by atoms with van der Waals surface area (Å²) in [6.07, 6.45) is 0. The van der Waals surface area contributed by atoms with Crippen LogP contribution in [0.15, 0.2) is 18.2 Å². The minimum absolute atomic E-state index is 0.0167. The Morgan fingerprint density at radius 3 is 2.95 bits per heavy atom. The molecule has 0 fully saturated rings. The largest absolute Gasteiger partial charge is 0.454 e. The first-order chi connectivity index (χ1) is 9.02. The summed E-state index contributed by atoms with van der Waals surface area (Å²) in [6.45, 7) is 2.15. The van der Waals surface area contributed by atoms with Crippen molar-refractivity contribution in [1.29, 1.82) is 0 Å². The quantitative estimate of drug-likeness (QED) is 0.813. The number of fused-ring (bicyclic) bond motifs is 1. The van der Waals surface area contributed by atoms with Gasteiger partial charge in [-0.3, -0.25) is 0 Å². The Hall–Kier alpha value is -0.980. The van der Waals surface area contributed by atoms with Crippen molar-refractivity contribution in [3.8, 4) is 11.5 Å². The zero-order valence-electron chi connectivity index (χ0n) is 10.6. The molecule has 0 aliphatic carbocycles. The lowest BCUT2D eigenvalue weighted by atomic mass is 10.2. The van der Waals surface area contributed by atoms with E-state index in [1.807, 2.05) is 0 Å². The molecule has 0 saturated heterocycles. The molecule has 0 bridgehead atoms. The second-order valence-electron chi connectivity index (χ2n) is 4.51. The maximum absolute atomic E-state index is 11.8. The Morgan fingerprint density at radius 2 is 2.21 bits per heavy atom. The minimum atomic E-state index is -3.34. The standard InChI is InChI=1S/C12H16ClNO4S/c1-9(5-13)7-19(15,16)14-6-10-3-2-4-11-12(10)18-8-17-11/h2-4,9,14H,5-8H2,1H3. The van der Waals surface area contributed by atoms with E-state index in [-0.39, 0.29) is 25.0 Å². The normalized spacial score (nSPS) is 15.5. The fraction of sp³-hybridized carbons (Fsp3) is 0.500. The molecule has 106 valence electrons.